The van der Waals surface area contributed by atoms with Crippen molar-refractivity contribution in [2.45, 2.75) is 19.4 Å². The molecule has 1 rings (SSSR count). The molecule has 2 N–H and O–H groups in total. The lowest BCUT2D eigenvalue weighted by Gasteiger charge is -2.08. The summed E-state index contributed by atoms with van der Waals surface area (Å²) in [5, 5.41) is 0. The van der Waals surface area contributed by atoms with E-state index in [9.17, 15) is 0 Å². The van der Waals surface area contributed by atoms with Gasteiger partial charge in [-0.25, -0.2) is 0 Å². The van der Waals surface area contributed by atoms with Crippen molar-refractivity contribution in [1.82, 2.24) is 0 Å². The summed E-state index contributed by atoms with van der Waals surface area (Å²) in [5.41, 5.74) is 6.94. The van der Waals surface area contributed by atoms with Gasteiger partial charge >= 0.3 is 0 Å². The monoisotopic (exact) mass is 291 g/mol. The van der Waals surface area contributed by atoms with E-state index >= 15 is 0 Å². The largest absolute Gasteiger partial charge is 0.496 e. The number of hydrogen-bond donors (Lipinski definition) is 1. The van der Waals surface area contributed by atoms with Crippen LogP contribution in [0.3, 0.4) is 0 Å². The van der Waals surface area contributed by atoms with Crippen molar-refractivity contribution in [2.75, 3.05) is 7.11 Å². The summed E-state index contributed by atoms with van der Waals surface area (Å²) in [6.07, 6.45) is 0.896. The maximum absolute atomic E-state index is 5.71. The van der Waals surface area contributed by atoms with Crippen LogP contribution in [0, 0.1) is 3.57 Å². The minimum atomic E-state index is 0.199. The molecule has 0 aliphatic carbocycles. The quantitative estimate of drug-likeness (QED) is 0.866. The summed E-state index contributed by atoms with van der Waals surface area (Å²) in [5.74, 6) is 0.929. The molecular formula is C10H14INO. The Morgan fingerprint density at radius 3 is 2.77 bits per heavy atom. The highest BCUT2D eigenvalue weighted by Gasteiger charge is 2.02. The summed E-state index contributed by atoms with van der Waals surface area (Å²) >= 11 is 2.25. The molecule has 0 bridgehead atoms. The van der Waals surface area contributed by atoms with Gasteiger partial charge in [0.05, 0.1) is 10.7 Å². The molecule has 0 heterocycles. The van der Waals surface area contributed by atoms with Gasteiger partial charge in [0.2, 0.25) is 0 Å². The maximum atomic E-state index is 5.71. The second kappa shape index (κ2) is 4.81. The van der Waals surface area contributed by atoms with Gasteiger partial charge in [-0.05, 0) is 53.6 Å². The van der Waals surface area contributed by atoms with Crippen molar-refractivity contribution in [1.29, 1.82) is 0 Å². The van der Waals surface area contributed by atoms with Gasteiger partial charge in [0.1, 0.15) is 5.75 Å². The molecule has 0 unspecified atom stereocenters. The number of benzene rings is 1. The molecule has 0 fully saturated rings. The summed E-state index contributed by atoms with van der Waals surface area (Å²) in [6, 6.07) is 6.39. The Kier molecular flexibility index (Phi) is 3.99. The molecule has 1 aromatic carbocycles. The van der Waals surface area contributed by atoms with Crippen molar-refractivity contribution >= 4 is 22.6 Å². The van der Waals surface area contributed by atoms with Gasteiger partial charge in [0.25, 0.3) is 0 Å². The van der Waals surface area contributed by atoms with Crippen LogP contribution in [-0.2, 0) is 6.42 Å². The summed E-state index contributed by atoms with van der Waals surface area (Å²) in [7, 11) is 1.69. The molecule has 0 amide bonds. The molecule has 1 aromatic rings. The molecule has 0 saturated heterocycles. The lowest BCUT2D eigenvalue weighted by molar-refractivity contribution is 0.411. The van der Waals surface area contributed by atoms with Crippen LogP contribution in [0.5, 0.6) is 5.75 Å². The van der Waals surface area contributed by atoms with Crippen LogP contribution in [0.4, 0.5) is 0 Å². The molecule has 72 valence electrons. The van der Waals surface area contributed by atoms with Gasteiger partial charge in [-0.3, -0.25) is 0 Å². The van der Waals surface area contributed by atoms with Crippen LogP contribution in [-0.4, -0.2) is 13.2 Å². The van der Waals surface area contributed by atoms with Gasteiger partial charge in [-0.2, -0.15) is 0 Å². The highest BCUT2D eigenvalue weighted by atomic mass is 127. The minimum absolute atomic E-state index is 0.199. The van der Waals surface area contributed by atoms with E-state index in [1.165, 1.54) is 5.56 Å². The molecule has 0 aliphatic rings. The first kappa shape index (κ1) is 10.8. The number of methoxy groups -OCH3 is 1. The van der Waals surface area contributed by atoms with Crippen LogP contribution < -0.4 is 10.5 Å². The standard InChI is InChI=1S/C10H14INO/c1-7(12)5-8-3-4-9(11)10(6-8)13-2/h3-4,6-7H,5,12H2,1-2H3/t7-/m0/s1. The topological polar surface area (TPSA) is 35.2 Å². The lowest BCUT2D eigenvalue weighted by atomic mass is 10.1. The Morgan fingerprint density at radius 2 is 2.23 bits per heavy atom. The third-order valence-corrected chi connectivity index (χ3v) is 2.66. The Bertz CT molecular complexity index is 286. The Hall–Kier alpha value is -0.290. The number of halogens is 1. The highest BCUT2D eigenvalue weighted by molar-refractivity contribution is 14.1. The molecule has 0 spiro atoms. The zero-order valence-electron chi connectivity index (χ0n) is 7.88. The van der Waals surface area contributed by atoms with Crippen molar-refractivity contribution < 1.29 is 4.74 Å². The second-order valence-electron chi connectivity index (χ2n) is 3.15. The Balaban J connectivity index is 2.86. The fourth-order valence-electron chi connectivity index (χ4n) is 1.20. The molecule has 0 saturated carbocycles. The average Bonchev–Trinajstić information content (AvgIpc) is 2.07. The third-order valence-electron chi connectivity index (χ3n) is 1.77. The van der Waals surface area contributed by atoms with E-state index in [1.807, 2.05) is 13.0 Å². The molecule has 1 atom stereocenters. The van der Waals surface area contributed by atoms with Gasteiger partial charge in [0.15, 0.2) is 0 Å². The maximum Gasteiger partial charge on any atom is 0.132 e. The zero-order chi connectivity index (χ0) is 9.84. The van der Waals surface area contributed by atoms with E-state index in [0.29, 0.717) is 0 Å². The molecule has 3 heteroatoms. The SMILES string of the molecule is COc1cc(C[C@H](C)N)ccc1I. The first-order valence-corrected chi connectivity index (χ1v) is 5.29. The number of hydrogen-bond acceptors (Lipinski definition) is 2. The summed E-state index contributed by atoms with van der Waals surface area (Å²) < 4.78 is 6.35. The predicted octanol–water partition coefficient (Wildman–Crippen LogP) is 2.19. The smallest absolute Gasteiger partial charge is 0.132 e. The van der Waals surface area contributed by atoms with Gasteiger partial charge < -0.3 is 10.5 Å². The highest BCUT2D eigenvalue weighted by Crippen LogP contribution is 2.22. The zero-order valence-corrected chi connectivity index (χ0v) is 10.0. The number of rotatable bonds is 3. The minimum Gasteiger partial charge on any atom is -0.496 e. The number of ether oxygens (including phenoxy) is 1. The fourth-order valence-corrected chi connectivity index (χ4v) is 1.76. The molecule has 0 aromatic heterocycles. The van der Waals surface area contributed by atoms with Crippen LogP contribution >= 0.6 is 22.6 Å². The van der Waals surface area contributed by atoms with Gasteiger partial charge in [-0.1, -0.05) is 6.07 Å². The summed E-state index contributed by atoms with van der Waals surface area (Å²) in [4.78, 5) is 0. The first-order valence-electron chi connectivity index (χ1n) is 4.21. The van der Waals surface area contributed by atoms with E-state index in [1.54, 1.807) is 7.11 Å². The van der Waals surface area contributed by atoms with Crippen molar-refractivity contribution in [2.24, 2.45) is 5.73 Å². The molecule has 13 heavy (non-hydrogen) atoms. The van der Waals surface area contributed by atoms with Crippen LogP contribution in [0.1, 0.15) is 12.5 Å². The lowest BCUT2D eigenvalue weighted by Crippen LogP contribution is -2.17. The molecule has 0 radical (unpaired) electrons. The van der Waals surface area contributed by atoms with Crippen LogP contribution in [0.25, 0.3) is 0 Å². The van der Waals surface area contributed by atoms with E-state index in [4.69, 9.17) is 10.5 Å². The van der Waals surface area contributed by atoms with Crippen molar-refractivity contribution in [3.05, 3.63) is 27.3 Å². The van der Waals surface area contributed by atoms with E-state index in [0.717, 1.165) is 15.7 Å². The van der Waals surface area contributed by atoms with Crippen molar-refractivity contribution in [3.63, 3.8) is 0 Å². The normalized spacial score (nSPS) is 12.6. The van der Waals surface area contributed by atoms with Crippen LogP contribution in [0.15, 0.2) is 18.2 Å². The second-order valence-corrected chi connectivity index (χ2v) is 4.31. The fraction of sp³-hybridized carbons (Fsp3) is 0.400. The number of nitrogens with two attached hydrogens (primary N) is 1. The Labute approximate surface area is 92.6 Å². The van der Waals surface area contributed by atoms with Gasteiger partial charge in [-0.15, -0.1) is 0 Å². The summed E-state index contributed by atoms with van der Waals surface area (Å²) in [6.45, 7) is 2.00. The molecular weight excluding hydrogens is 277 g/mol. The predicted molar refractivity (Wildman–Crippen MR) is 63.1 cm³/mol. The molecule has 0 aliphatic heterocycles. The first-order chi connectivity index (χ1) is 6.13. The third kappa shape index (κ3) is 3.15. The molecule has 2 nitrogen and oxygen atoms in total. The Morgan fingerprint density at radius 1 is 1.54 bits per heavy atom. The van der Waals surface area contributed by atoms with E-state index in [-0.39, 0.29) is 6.04 Å². The van der Waals surface area contributed by atoms with Crippen LogP contribution in [0.2, 0.25) is 0 Å². The van der Waals surface area contributed by atoms with Crippen molar-refractivity contribution in [3.8, 4) is 5.75 Å². The van der Waals surface area contributed by atoms with Gasteiger partial charge in [0, 0.05) is 6.04 Å². The van der Waals surface area contributed by atoms with E-state index in [2.05, 4.69) is 34.7 Å². The van der Waals surface area contributed by atoms with E-state index < -0.39 is 0 Å². The average molecular weight is 291 g/mol.